The summed E-state index contributed by atoms with van der Waals surface area (Å²) in [6.07, 6.45) is 0.756. The number of carbonyl (C=O) groups excluding carboxylic acids is 3. The molecule has 1 rings (SSSR count). The molecule has 1 saturated heterocycles. The third kappa shape index (κ3) is 5.99. The maximum absolute atomic E-state index is 12.2. The van der Waals surface area contributed by atoms with Crippen molar-refractivity contribution in [3.63, 3.8) is 0 Å². The highest BCUT2D eigenvalue weighted by Gasteiger charge is 2.34. The van der Waals surface area contributed by atoms with Crippen LogP contribution in [0.15, 0.2) is 0 Å². The summed E-state index contributed by atoms with van der Waals surface area (Å²) >= 11 is 0. The summed E-state index contributed by atoms with van der Waals surface area (Å²) in [5.74, 6) is -1.03. The van der Waals surface area contributed by atoms with E-state index >= 15 is 0 Å². The lowest BCUT2D eigenvalue weighted by Crippen LogP contribution is -2.59. The summed E-state index contributed by atoms with van der Waals surface area (Å²) in [5, 5.41) is 2.90. The molecule has 1 aliphatic rings. The molecule has 0 aromatic rings. The second-order valence-corrected chi connectivity index (χ2v) is 6.52. The monoisotopic (exact) mass is 348 g/mol. The molecule has 1 heterocycles. The number of nitrogens with zero attached hydrogens (tertiary/aromatic N) is 2. The van der Waals surface area contributed by atoms with Crippen molar-refractivity contribution in [1.29, 1.82) is 0 Å². The number of hydrogen-bond donors (Lipinski definition) is 2. The van der Waals surface area contributed by atoms with E-state index < -0.39 is 17.4 Å². The Kier molecular flexibility index (Phi) is 8.55. The molecule has 23 heavy (non-hydrogen) atoms. The van der Waals surface area contributed by atoms with Crippen LogP contribution < -0.4 is 11.1 Å². The Morgan fingerprint density at radius 2 is 1.78 bits per heavy atom. The third-order valence-corrected chi connectivity index (χ3v) is 3.86. The fraction of sp³-hybridized carbons (Fsp3) is 0.800. The van der Waals surface area contributed by atoms with Crippen LogP contribution >= 0.6 is 12.4 Å². The molecule has 1 atom stereocenters. The standard InChI is InChI=1S/C15H28N4O3.ClH/c1-5-18-6-7-19(14(22)13(18)21)9-12(20)17-15(4,10-16)8-11(2)3;/h11H,5-10,16H2,1-4H3,(H,17,20);1H. The normalized spacial score (nSPS) is 17.8. The summed E-state index contributed by atoms with van der Waals surface area (Å²) in [4.78, 5) is 38.8. The highest BCUT2D eigenvalue weighted by molar-refractivity contribution is 6.35. The zero-order valence-corrected chi connectivity index (χ0v) is 15.2. The zero-order chi connectivity index (χ0) is 16.9. The van der Waals surface area contributed by atoms with Crippen molar-refractivity contribution >= 4 is 30.1 Å². The smallest absolute Gasteiger partial charge is 0.312 e. The number of likely N-dealkylation sites (N-methyl/N-ethyl adjacent to an activating group) is 1. The van der Waals surface area contributed by atoms with E-state index in [1.807, 2.05) is 13.8 Å². The number of hydrogen-bond acceptors (Lipinski definition) is 4. The van der Waals surface area contributed by atoms with Gasteiger partial charge in [0.05, 0.1) is 0 Å². The van der Waals surface area contributed by atoms with Gasteiger partial charge in [0.25, 0.3) is 0 Å². The molecule has 0 saturated carbocycles. The minimum absolute atomic E-state index is 0. The van der Waals surface area contributed by atoms with Crippen LogP contribution in [0.2, 0.25) is 0 Å². The number of piperazine rings is 1. The predicted molar refractivity (Wildman–Crippen MR) is 91.1 cm³/mol. The summed E-state index contributed by atoms with van der Waals surface area (Å²) in [6, 6.07) is 0. The molecule has 0 spiro atoms. The van der Waals surface area contributed by atoms with E-state index in [9.17, 15) is 14.4 Å². The second kappa shape index (κ2) is 9.08. The lowest BCUT2D eigenvalue weighted by Gasteiger charge is -2.35. The van der Waals surface area contributed by atoms with Crippen LogP contribution in [0, 0.1) is 5.92 Å². The van der Waals surface area contributed by atoms with Crippen molar-refractivity contribution in [3.05, 3.63) is 0 Å². The zero-order valence-electron chi connectivity index (χ0n) is 14.4. The van der Waals surface area contributed by atoms with E-state index in [4.69, 9.17) is 5.73 Å². The van der Waals surface area contributed by atoms with Gasteiger partial charge in [0, 0.05) is 31.7 Å². The first kappa shape index (κ1) is 21.7. The summed E-state index contributed by atoms with van der Waals surface area (Å²) in [5.41, 5.74) is 5.27. The average Bonchev–Trinajstić information content (AvgIpc) is 2.43. The van der Waals surface area contributed by atoms with E-state index in [2.05, 4.69) is 19.2 Å². The number of carbonyl (C=O) groups is 3. The van der Waals surface area contributed by atoms with Crippen LogP contribution in [0.3, 0.4) is 0 Å². The Labute approximate surface area is 144 Å². The highest BCUT2D eigenvalue weighted by atomic mass is 35.5. The van der Waals surface area contributed by atoms with E-state index in [1.54, 1.807) is 0 Å². The van der Waals surface area contributed by atoms with Gasteiger partial charge in [-0.05, 0) is 26.2 Å². The molecule has 3 N–H and O–H groups in total. The van der Waals surface area contributed by atoms with Gasteiger partial charge in [-0.2, -0.15) is 0 Å². The minimum atomic E-state index is -0.610. The van der Waals surface area contributed by atoms with Crippen LogP contribution in [-0.4, -0.2) is 65.8 Å². The van der Waals surface area contributed by atoms with E-state index in [1.165, 1.54) is 9.80 Å². The van der Waals surface area contributed by atoms with Crippen molar-refractivity contribution in [2.45, 2.75) is 39.7 Å². The van der Waals surface area contributed by atoms with Gasteiger partial charge >= 0.3 is 11.8 Å². The Hall–Kier alpha value is -1.34. The van der Waals surface area contributed by atoms with Gasteiger partial charge in [-0.15, -0.1) is 12.4 Å². The second-order valence-electron chi connectivity index (χ2n) is 6.52. The Bertz CT molecular complexity index is 444. The fourth-order valence-electron chi connectivity index (χ4n) is 2.80. The summed E-state index contributed by atoms with van der Waals surface area (Å²) < 4.78 is 0. The van der Waals surface area contributed by atoms with Gasteiger partial charge in [0.1, 0.15) is 6.54 Å². The molecule has 0 aliphatic carbocycles. The van der Waals surface area contributed by atoms with Crippen LogP contribution in [0.4, 0.5) is 0 Å². The molecule has 1 fully saturated rings. The number of nitrogens with two attached hydrogens (primary N) is 1. The number of nitrogens with one attached hydrogen (secondary N) is 1. The average molecular weight is 349 g/mol. The molecule has 0 radical (unpaired) electrons. The van der Waals surface area contributed by atoms with Gasteiger partial charge in [-0.1, -0.05) is 13.8 Å². The molecule has 1 aliphatic heterocycles. The Balaban J connectivity index is 0.00000484. The predicted octanol–water partition coefficient (Wildman–Crippen LogP) is -0.0214. The molecular formula is C15H29ClN4O3. The molecule has 3 amide bonds. The molecule has 0 bridgehead atoms. The van der Waals surface area contributed by atoms with E-state index in [0.717, 1.165) is 6.42 Å². The van der Waals surface area contributed by atoms with Crippen molar-refractivity contribution in [1.82, 2.24) is 15.1 Å². The molecule has 7 nitrogen and oxygen atoms in total. The van der Waals surface area contributed by atoms with Crippen molar-refractivity contribution in [2.24, 2.45) is 11.7 Å². The lowest BCUT2D eigenvalue weighted by atomic mass is 9.90. The van der Waals surface area contributed by atoms with Gasteiger partial charge in [-0.25, -0.2) is 0 Å². The first-order chi connectivity index (χ1) is 10.2. The molecule has 0 aromatic carbocycles. The third-order valence-electron chi connectivity index (χ3n) is 3.86. The fourth-order valence-corrected chi connectivity index (χ4v) is 2.80. The summed E-state index contributed by atoms with van der Waals surface area (Å²) in [7, 11) is 0. The Morgan fingerprint density at radius 1 is 1.26 bits per heavy atom. The highest BCUT2D eigenvalue weighted by Crippen LogP contribution is 2.15. The van der Waals surface area contributed by atoms with Gasteiger partial charge in [-0.3, -0.25) is 14.4 Å². The van der Waals surface area contributed by atoms with Crippen LogP contribution in [0.25, 0.3) is 0 Å². The maximum atomic E-state index is 12.2. The lowest BCUT2D eigenvalue weighted by molar-refractivity contribution is -0.156. The first-order valence-corrected chi connectivity index (χ1v) is 7.81. The van der Waals surface area contributed by atoms with Gasteiger partial charge in [0.2, 0.25) is 5.91 Å². The van der Waals surface area contributed by atoms with E-state index in [-0.39, 0.29) is 24.9 Å². The van der Waals surface area contributed by atoms with Crippen LogP contribution in [0.5, 0.6) is 0 Å². The van der Waals surface area contributed by atoms with Gasteiger partial charge < -0.3 is 20.9 Å². The molecule has 8 heteroatoms. The first-order valence-electron chi connectivity index (χ1n) is 7.81. The molecular weight excluding hydrogens is 320 g/mol. The van der Waals surface area contributed by atoms with Crippen molar-refractivity contribution in [2.75, 3.05) is 32.7 Å². The molecule has 1 unspecified atom stereocenters. The number of rotatable bonds is 7. The minimum Gasteiger partial charge on any atom is -0.348 e. The van der Waals surface area contributed by atoms with Gasteiger partial charge in [0.15, 0.2) is 0 Å². The molecule has 0 aromatic heterocycles. The maximum Gasteiger partial charge on any atom is 0.312 e. The van der Waals surface area contributed by atoms with Crippen LogP contribution in [-0.2, 0) is 14.4 Å². The molecule has 134 valence electrons. The largest absolute Gasteiger partial charge is 0.348 e. The number of halogens is 1. The SMILES string of the molecule is CCN1CCN(CC(=O)NC(C)(CN)CC(C)C)C(=O)C1=O.Cl. The topological polar surface area (TPSA) is 95.7 Å². The number of amides is 3. The van der Waals surface area contributed by atoms with Crippen molar-refractivity contribution in [3.8, 4) is 0 Å². The Morgan fingerprint density at radius 3 is 2.26 bits per heavy atom. The summed E-state index contributed by atoms with van der Waals surface area (Å²) in [6.45, 7) is 9.43. The van der Waals surface area contributed by atoms with E-state index in [0.29, 0.717) is 32.1 Å². The van der Waals surface area contributed by atoms with Crippen LogP contribution in [0.1, 0.15) is 34.1 Å². The quantitative estimate of drug-likeness (QED) is 0.632. The van der Waals surface area contributed by atoms with Crippen molar-refractivity contribution < 1.29 is 14.4 Å².